The number of hydrogen-bond donors (Lipinski definition) is 0. The van der Waals surface area contributed by atoms with Crippen molar-refractivity contribution in [2.45, 2.75) is 0 Å². The van der Waals surface area contributed by atoms with Crippen LogP contribution in [-0.2, 0) is 7.05 Å². The van der Waals surface area contributed by atoms with Crippen molar-refractivity contribution < 1.29 is 4.39 Å². The van der Waals surface area contributed by atoms with Crippen molar-refractivity contribution in [3.63, 3.8) is 0 Å². The summed E-state index contributed by atoms with van der Waals surface area (Å²) in [7, 11) is 1.79. The molecule has 0 radical (unpaired) electrons. The highest BCUT2D eigenvalue weighted by molar-refractivity contribution is 5.37. The zero-order valence-corrected chi connectivity index (χ0v) is 8.13. The molecule has 0 saturated heterocycles. The summed E-state index contributed by atoms with van der Waals surface area (Å²) >= 11 is 0. The Hall–Kier alpha value is -2.04. The molecule has 1 aromatic carbocycles. The summed E-state index contributed by atoms with van der Waals surface area (Å²) < 4.78 is 14.8. The van der Waals surface area contributed by atoms with Gasteiger partial charge in [0.15, 0.2) is 5.82 Å². The fraction of sp³-hybridized carbons (Fsp3) is 0.100. The molecule has 2 aromatic rings. The summed E-state index contributed by atoms with van der Waals surface area (Å²) in [5.74, 6) is 0.0497. The van der Waals surface area contributed by atoms with Crippen LogP contribution in [0.5, 0.6) is 0 Å². The van der Waals surface area contributed by atoms with Crippen molar-refractivity contribution in [2.24, 2.45) is 17.3 Å². The van der Waals surface area contributed by atoms with E-state index < -0.39 is 5.82 Å². The number of halogens is 1. The van der Waals surface area contributed by atoms with Crippen LogP contribution in [0.3, 0.4) is 0 Å². The first-order chi connectivity index (χ1) is 7.27. The van der Waals surface area contributed by atoms with Gasteiger partial charge in [-0.25, -0.2) is 9.37 Å². The van der Waals surface area contributed by atoms with E-state index in [9.17, 15) is 4.39 Å². The first kappa shape index (κ1) is 9.51. The van der Waals surface area contributed by atoms with E-state index in [0.717, 1.165) is 0 Å². The number of aromatic nitrogens is 2. The van der Waals surface area contributed by atoms with Crippen molar-refractivity contribution in [3.8, 4) is 0 Å². The maximum absolute atomic E-state index is 13.1. The number of imidazole rings is 1. The van der Waals surface area contributed by atoms with E-state index in [1.807, 2.05) is 0 Å². The zero-order valence-electron chi connectivity index (χ0n) is 8.13. The lowest BCUT2D eigenvalue weighted by atomic mass is 10.3. The Bertz CT molecular complexity index is 490. The van der Waals surface area contributed by atoms with Gasteiger partial charge >= 0.3 is 0 Å². The van der Waals surface area contributed by atoms with Gasteiger partial charge in [-0.15, -0.1) is 10.2 Å². The van der Waals surface area contributed by atoms with Crippen molar-refractivity contribution in [1.29, 1.82) is 0 Å². The molecule has 0 aliphatic rings. The van der Waals surface area contributed by atoms with Crippen LogP contribution in [0.4, 0.5) is 16.0 Å². The Labute approximate surface area is 86.1 Å². The normalized spacial score (nSPS) is 11.1. The monoisotopic (exact) mass is 204 g/mol. The van der Waals surface area contributed by atoms with Crippen molar-refractivity contribution in [2.75, 3.05) is 0 Å². The van der Waals surface area contributed by atoms with Gasteiger partial charge in [-0.2, -0.15) is 0 Å². The fourth-order valence-electron chi connectivity index (χ4n) is 1.09. The number of nitrogens with zero attached hydrogens (tertiary/aromatic N) is 4. The molecule has 76 valence electrons. The minimum absolute atomic E-state index is 0.209. The Kier molecular flexibility index (Phi) is 2.53. The average molecular weight is 204 g/mol. The molecule has 0 unspecified atom stereocenters. The second kappa shape index (κ2) is 4.00. The predicted molar refractivity (Wildman–Crippen MR) is 53.8 cm³/mol. The maximum atomic E-state index is 13.1. The Morgan fingerprint density at radius 2 is 2.07 bits per heavy atom. The third-order valence-electron chi connectivity index (χ3n) is 1.90. The molecule has 15 heavy (non-hydrogen) atoms. The number of hydrogen-bond acceptors (Lipinski definition) is 3. The molecule has 4 nitrogen and oxygen atoms in total. The van der Waals surface area contributed by atoms with Gasteiger partial charge < -0.3 is 4.57 Å². The van der Waals surface area contributed by atoms with Crippen LogP contribution in [0.25, 0.3) is 0 Å². The third kappa shape index (κ3) is 2.07. The minimum Gasteiger partial charge on any atom is -0.317 e. The Morgan fingerprint density at radius 3 is 2.73 bits per heavy atom. The van der Waals surface area contributed by atoms with Gasteiger partial charge in [0.1, 0.15) is 5.69 Å². The quantitative estimate of drug-likeness (QED) is 0.693. The highest BCUT2D eigenvalue weighted by atomic mass is 19.1. The third-order valence-corrected chi connectivity index (χ3v) is 1.90. The second-order valence-corrected chi connectivity index (χ2v) is 2.99. The number of azo groups is 1. The van der Waals surface area contributed by atoms with E-state index in [2.05, 4.69) is 15.2 Å². The highest BCUT2D eigenvalue weighted by Gasteiger charge is 1.99. The molecule has 0 aliphatic carbocycles. The van der Waals surface area contributed by atoms with Crippen molar-refractivity contribution in [1.82, 2.24) is 9.55 Å². The maximum Gasteiger partial charge on any atom is 0.249 e. The van der Waals surface area contributed by atoms with Gasteiger partial charge in [-0.3, -0.25) is 0 Å². The summed E-state index contributed by atoms with van der Waals surface area (Å²) in [4.78, 5) is 3.94. The molecule has 2 rings (SSSR count). The first-order valence-corrected chi connectivity index (χ1v) is 4.41. The highest BCUT2D eigenvalue weighted by Crippen LogP contribution is 2.19. The van der Waals surface area contributed by atoms with Gasteiger partial charge in [0.2, 0.25) is 5.95 Å². The van der Waals surface area contributed by atoms with Gasteiger partial charge in [-0.05, 0) is 12.1 Å². The molecular formula is C10H9FN4. The van der Waals surface area contributed by atoms with Crippen molar-refractivity contribution >= 4 is 11.6 Å². The SMILES string of the molecule is Cn1ccnc1/N=N/c1ccccc1F. The summed E-state index contributed by atoms with van der Waals surface area (Å²) in [6.45, 7) is 0. The Morgan fingerprint density at radius 1 is 1.27 bits per heavy atom. The number of rotatable bonds is 2. The molecular weight excluding hydrogens is 195 g/mol. The Balaban J connectivity index is 2.26. The van der Waals surface area contributed by atoms with Gasteiger partial charge in [-0.1, -0.05) is 12.1 Å². The molecule has 0 fully saturated rings. The van der Waals surface area contributed by atoms with E-state index in [1.165, 1.54) is 6.07 Å². The lowest BCUT2D eigenvalue weighted by Crippen LogP contribution is -1.82. The molecule has 5 heteroatoms. The van der Waals surface area contributed by atoms with E-state index in [1.54, 1.807) is 42.2 Å². The lowest BCUT2D eigenvalue weighted by Gasteiger charge is -1.94. The summed E-state index contributed by atoms with van der Waals surface area (Å²) in [5, 5.41) is 7.61. The second-order valence-electron chi connectivity index (χ2n) is 2.99. The minimum atomic E-state index is -0.393. The van der Waals surface area contributed by atoms with Gasteiger partial charge in [0, 0.05) is 19.4 Å². The molecule has 1 aromatic heterocycles. The average Bonchev–Trinajstić information content (AvgIpc) is 2.63. The van der Waals surface area contributed by atoms with Crippen LogP contribution < -0.4 is 0 Å². The molecule has 0 bridgehead atoms. The summed E-state index contributed by atoms with van der Waals surface area (Å²) in [6, 6.07) is 6.21. The molecule has 1 heterocycles. The molecule has 0 saturated carbocycles. The van der Waals surface area contributed by atoms with E-state index in [0.29, 0.717) is 5.95 Å². The number of benzene rings is 1. The standard InChI is InChI=1S/C10H9FN4/c1-15-7-6-12-10(15)14-13-9-5-3-2-4-8(9)11/h2-7H,1H3/b14-13+. The number of aryl methyl sites for hydroxylation is 1. The summed E-state index contributed by atoms with van der Waals surface area (Å²) in [6.07, 6.45) is 3.35. The zero-order chi connectivity index (χ0) is 10.7. The van der Waals surface area contributed by atoms with Crippen LogP contribution in [0.1, 0.15) is 0 Å². The van der Waals surface area contributed by atoms with E-state index in [-0.39, 0.29) is 5.69 Å². The van der Waals surface area contributed by atoms with Crippen LogP contribution in [0, 0.1) is 5.82 Å². The molecule has 0 N–H and O–H groups in total. The summed E-state index contributed by atoms with van der Waals surface area (Å²) in [5.41, 5.74) is 0.209. The van der Waals surface area contributed by atoms with Gasteiger partial charge in [0.05, 0.1) is 0 Å². The lowest BCUT2D eigenvalue weighted by molar-refractivity contribution is 0.628. The van der Waals surface area contributed by atoms with Crippen LogP contribution in [0.15, 0.2) is 46.9 Å². The molecule has 0 atom stereocenters. The molecule has 0 aliphatic heterocycles. The van der Waals surface area contributed by atoms with Crippen LogP contribution >= 0.6 is 0 Å². The largest absolute Gasteiger partial charge is 0.317 e. The van der Waals surface area contributed by atoms with Crippen LogP contribution in [0.2, 0.25) is 0 Å². The predicted octanol–water partition coefficient (Wildman–Crippen LogP) is 2.97. The topological polar surface area (TPSA) is 42.5 Å². The van der Waals surface area contributed by atoms with E-state index in [4.69, 9.17) is 0 Å². The molecule has 0 amide bonds. The van der Waals surface area contributed by atoms with Gasteiger partial charge in [0.25, 0.3) is 0 Å². The first-order valence-electron chi connectivity index (χ1n) is 4.41. The van der Waals surface area contributed by atoms with E-state index >= 15 is 0 Å². The smallest absolute Gasteiger partial charge is 0.249 e. The van der Waals surface area contributed by atoms with Crippen LogP contribution in [-0.4, -0.2) is 9.55 Å². The van der Waals surface area contributed by atoms with Crippen molar-refractivity contribution in [3.05, 3.63) is 42.5 Å². The molecule has 0 spiro atoms. The fourth-order valence-corrected chi connectivity index (χ4v) is 1.09.